The van der Waals surface area contributed by atoms with E-state index >= 15 is 0 Å². The van der Waals surface area contributed by atoms with Crippen LogP contribution in [0, 0.1) is 0 Å². The standard InChI is InChI=1S/C12H17N3O3S/c1-18-10-8-9(13)2-3-11(10)19(17)7-6-15-5-4-14-12(15)16/h2-3,8H,4-7,13H2,1H3,(H,14,16). The number of nitrogens with one attached hydrogen (secondary N) is 1. The van der Waals surface area contributed by atoms with Crippen molar-refractivity contribution in [1.29, 1.82) is 0 Å². The van der Waals surface area contributed by atoms with Crippen molar-refractivity contribution in [3.8, 4) is 5.75 Å². The first-order valence-corrected chi connectivity index (χ1v) is 7.28. The van der Waals surface area contributed by atoms with Gasteiger partial charge in [0.1, 0.15) is 5.75 Å². The number of nitrogen functional groups attached to an aromatic ring is 1. The van der Waals surface area contributed by atoms with Gasteiger partial charge in [-0.05, 0) is 12.1 Å². The number of urea groups is 1. The highest BCUT2D eigenvalue weighted by molar-refractivity contribution is 7.85. The Balaban J connectivity index is 2.01. The van der Waals surface area contributed by atoms with Crippen LogP contribution in [0.3, 0.4) is 0 Å². The van der Waals surface area contributed by atoms with Crippen LogP contribution in [0.5, 0.6) is 5.75 Å². The van der Waals surface area contributed by atoms with Crippen molar-refractivity contribution in [2.45, 2.75) is 4.90 Å². The lowest BCUT2D eigenvalue weighted by atomic mass is 10.3. The minimum Gasteiger partial charge on any atom is -0.495 e. The first-order chi connectivity index (χ1) is 9.11. The molecule has 2 amide bonds. The number of methoxy groups -OCH3 is 1. The number of carbonyl (C=O) groups excluding carboxylic acids is 1. The number of benzene rings is 1. The summed E-state index contributed by atoms with van der Waals surface area (Å²) in [4.78, 5) is 13.6. The number of carbonyl (C=O) groups is 1. The third-order valence-corrected chi connectivity index (χ3v) is 4.31. The summed E-state index contributed by atoms with van der Waals surface area (Å²) >= 11 is 0. The Hall–Kier alpha value is -1.76. The Morgan fingerprint density at radius 3 is 2.95 bits per heavy atom. The molecule has 0 spiro atoms. The molecule has 0 radical (unpaired) electrons. The number of nitrogens with zero attached hydrogens (tertiary/aromatic N) is 1. The molecular formula is C12H17N3O3S. The van der Waals surface area contributed by atoms with Crippen molar-refractivity contribution >= 4 is 22.5 Å². The first kappa shape index (κ1) is 13.7. The number of ether oxygens (including phenoxy) is 1. The van der Waals surface area contributed by atoms with Gasteiger partial charge in [0.15, 0.2) is 0 Å². The van der Waals surface area contributed by atoms with Gasteiger partial charge < -0.3 is 20.7 Å². The summed E-state index contributed by atoms with van der Waals surface area (Å²) in [5.41, 5.74) is 6.22. The minimum atomic E-state index is -1.22. The van der Waals surface area contributed by atoms with Crippen LogP contribution in [0.25, 0.3) is 0 Å². The fourth-order valence-electron chi connectivity index (χ4n) is 1.90. The smallest absolute Gasteiger partial charge is 0.317 e. The van der Waals surface area contributed by atoms with Crippen LogP contribution in [0.2, 0.25) is 0 Å². The molecule has 1 aliphatic rings. The van der Waals surface area contributed by atoms with E-state index in [1.807, 2.05) is 0 Å². The largest absolute Gasteiger partial charge is 0.495 e. The molecule has 19 heavy (non-hydrogen) atoms. The highest BCUT2D eigenvalue weighted by Gasteiger charge is 2.20. The molecule has 1 aromatic carbocycles. The van der Waals surface area contributed by atoms with Gasteiger partial charge >= 0.3 is 6.03 Å². The van der Waals surface area contributed by atoms with E-state index in [4.69, 9.17) is 10.5 Å². The molecule has 0 aliphatic carbocycles. The molecule has 104 valence electrons. The monoisotopic (exact) mass is 283 g/mol. The summed E-state index contributed by atoms with van der Waals surface area (Å²) in [5.74, 6) is 0.900. The fraction of sp³-hybridized carbons (Fsp3) is 0.417. The molecule has 1 saturated heterocycles. The van der Waals surface area contributed by atoms with Gasteiger partial charge in [0.2, 0.25) is 0 Å². The predicted molar refractivity (Wildman–Crippen MR) is 73.7 cm³/mol. The van der Waals surface area contributed by atoms with Crippen LogP contribution in [0.15, 0.2) is 23.1 Å². The van der Waals surface area contributed by atoms with Gasteiger partial charge in [0.05, 0.1) is 22.8 Å². The Labute approximate surface area is 114 Å². The lowest BCUT2D eigenvalue weighted by molar-refractivity contribution is 0.220. The summed E-state index contributed by atoms with van der Waals surface area (Å²) in [7, 11) is 0.301. The van der Waals surface area contributed by atoms with Gasteiger partial charge in [-0.25, -0.2) is 4.79 Å². The molecule has 2 rings (SSSR count). The van der Waals surface area contributed by atoms with Crippen molar-refractivity contribution in [2.75, 3.05) is 38.2 Å². The number of amides is 2. The summed E-state index contributed by atoms with van der Waals surface area (Å²) in [6, 6.07) is 4.95. The average molecular weight is 283 g/mol. The summed E-state index contributed by atoms with van der Waals surface area (Å²) < 4.78 is 17.4. The van der Waals surface area contributed by atoms with Crippen molar-refractivity contribution in [3.05, 3.63) is 18.2 Å². The second-order valence-corrected chi connectivity index (χ2v) is 5.72. The molecule has 1 unspecified atom stereocenters. The van der Waals surface area contributed by atoms with Crippen LogP contribution in [-0.4, -0.2) is 47.6 Å². The Bertz CT molecular complexity index is 507. The minimum absolute atomic E-state index is 0.0960. The fourth-order valence-corrected chi connectivity index (χ4v) is 3.09. The molecule has 0 aromatic heterocycles. The highest BCUT2D eigenvalue weighted by atomic mass is 32.2. The SMILES string of the molecule is COc1cc(N)ccc1S(=O)CCN1CCNC1=O. The number of anilines is 1. The lowest BCUT2D eigenvalue weighted by Gasteiger charge is -2.14. The van der Waals surface area contributed by atoms with Gasteiger partial charge in [-0.2, -0.15) is 0 Å². The van der Waals surface area contributed by atoms with E-state index in [2.05, 4.69) is 5.32 Å². The molecule has 0 bridgehead atoms. The third-order valence-electron chi connectivity index (χ3n) is 2.92. The Kier molecular flexibility index (Phi) is 4.26. The van der Waals surface area contributed by atoms with E-state index in [1.54, 1.807) is 23.1 Å². The molecule has 1 aliphatic heterocycles. The summed E-state index contributed by atoms with van der Waals surface area (Å²) in [6.07, 6.45) is 0. The molecular weight excluding hydrogens is 266 g/mol. The van der Waals surface area contributed by atoms with Crippen molar-refractivity contribution in [2.24, 2.45) is 0 Å². The molecule has 1 heterocycles. The topological polar surface area (TPSA) is 84.7 Å². The predicted octanol–water partition coefficient (Wildman–Crippen LogP) is 0.410. The first-order valence-electron chi connectivity index (χ1n) is 5.96. The second kappa shape index (κ2) is 5.92. The molecule has 7 heteroatoms. The molecule has 0 saturated carbocycles. The number of hydrogen-bond donors (Lipinski definition) is 2. The third kappa shape index (κ3) is 3.17. The summed E-state index contributed by atoms with van der Waals surface area (Å²) in [6.45, 7) is 1.78. The molecule has 1 aromatic rings. The van der Waals surface area contributed by atoms with Crippen molar-refractivity contribution < 1.29 is 13.7 Å². The maximum atomic E-state index is 12.2. The maximum absolute atomic E-state index is 12.2. The molecule has 3 N–H and O–H groups in total. The van der Waals surface area contributed by atoms with Gasteiger partial charge in [0.25, 0.3) is 0 Å². The molecule has 1 fully saturated rings. The molecule has 6 nitrogen and oxygen atoms in total. The van der Waals surface area contributed by atoms with E-state index in [0.29, 0.717) is 41.7 Å². The van der Waals surface area contributed by atoms with Crippen LogP contribution in [-0.2, 0) is 10.8 Å². The zero-order valence-electron chi connectivity index (χ0n) is 10.7. The quantitative estimate of drug-likeness (QED) is 0.767. The van der Waals surface area contributed by atoms with E-state index in [0.717, 1.165) is 0 Å². The van der Waals surface area contributed by atoms with E-state index < -0.39 is 10.8 Å². The highest BCUT2D eigenvalue weighted by Crippen LogP contribution is 2.24. The van der Waals surface area contributed by atoms with Gasteiger partial charge in [-0.15, -0.1) is 0 Å². The zero-order valence-corrected chi connectivity index (χ0v) is 11.5. The van der Waals surface area contributed by atoms with Crippen LogP contribution in [0.1, 0.15) is 0 Å². The average Bonchev–Trinajstić information content (AvgIpc) is 2.81. The number of hydrogen-bond acceptors (Lipinski definition) is 4. The van der Waals surface area contributed by atoms with Gasteiger partial charge in [-0.1, -0.05) is 0 Å². The second-order valence-electron chi connectivity index (χ2n) is 4.18. The van der Waals surface area contributed by atoms with Crippen LogP contribution in [0.4, 0.5) is 10.5 Å². The maximum Gasteiger partial charge on any atom is 0.317 e. The van der Waals surface area contributed by atoms with Crippen LogP contribution >= 0.6 is 0 Å². The summed E-state index contributed by atoms with van der Waals surface area (Å²) in [5, 5.41) is 2.71. The molecule has 1 atom stereocenters. The Morgan fingerprint density at radius 2 is 2.32 bits per heavy atom. The van der Waals surface area contributed by atoms with Crippen molar-refractivity contribution in [1.82, 2.24) is 10.2 Å². The van der Waals surface area contributed by atoms with E-state index in [1.165, 1.54) is 7.11 Å². The zero-order chi connectivity index (χ0) is 13.8. The van der Waals surface area contributed by atoms with Gasteiger partial charge in [0, 0.05) is 37.1 Å². The number of rotatable bonds is 5. The van der Waals surface area contributed by atoms with Gasteiger partial charge in [-0.3, -0.25) is 4.21 Å². The van der Waals surface area contributed by atoms with E-state index in [9.17, 15) is 9.00 Å². The lowest BCUT2D eigenvalue weighted by Crippen LogP contribution is -2.31. The van der Waals surface area contributed by atoms with E-state index in [-0.39, 0.29) is 6.03 Å². The van der Waals surface area contributed by atoms with Crippen molar-refractivity contribution in [3.63, 3.8) is 0 Å². The normalized spacial score (nSPS) is 16.3. The van der Waals surface area contributed by atoms with Crippen LogP contribution < -0.4 is 15.8 Å². The number of nitrogens with two attached hydrogens (primary N) is 1. The Morgan fingerprint density at radius 1 is 1.53 bits per heavy atom.